The molecule has 0 amide bonds. The van der Waals surface area contributed by atoms with Gasteiger partial charge in [0.2, 0.25) is 0 Å². The number of fused-ring (bicyclic) bond motifs is 3. The average Bonchev–Trinajstić information content (AvgIpc) is 3.07. The number of carboxylic acid groups (broad SMARTS) is 1. The summed E-state index contributed by atoms with van der Waals surface area (Å²) < 4.78 is 53.9. The van der Waals surface area contributed by atoms with Crippen molar-refractivity contribution in [2.75, 3.05) is 11.9 Å². The number of alkyl halides is 3. The lowest BCUT2D eigenvalue weighted by Crippen LogP contribution is -2.31. The Morgan fingerprint density at radius 2 is 1.69 bits per heavy atom. The molecule has 0 fully saturated rings. The minimum Gasteiger partial charge on any atom is -0.480 e. The molecule has 1 aromatic heterocycles. The van der Waals surface area contributed by atoms with Gasteiger partial charge in [0.25, 0.3) is 0 Å². The molecule has 4 aromatic rings. The van der Waals surface area contributed by atoms with E-state index >= 15 is 0 Å². The molecular weight excluding hydrogens is 498 g/mol. The van der Waals surface area contributed by atoms with Gasteiger partial charge in [-0.1, -0.05) is 41.9 Å². The molecule has 1 aliphatic heterocycles. The van der Waals surface area contributed by atoms with E-state index in [1.807, 2.05) is 0 Å². The summed E-state index contributed by atoms with van der Waals surface area (Å²) in [4.78, 5) is 20.5. The number of nitrogens with zero attached hydrogens (tertiary/aromatic N) is 2. The summed E-state index contributed by atoms with van der Waals surface area (Å²) in [6.45, 7) is -0.0305. The highest BCUT2D eigenvalue weighted by Gasteiger charge is 2.33. The van der Waals surface area contributed by atoms with Crippen LogP contribution < -0.4 is 5.32 Å². The fourth-order valence-electron chi connectivity index (χ4n) is 4.10. The first-order chi connectivity index (χ1) is 17.1. The number of nitrogens with one attached hydrogen (secondary N) is 1. The second kappa shape index (κ2) is 8.91. The maximum atomic E-state index is 14.0. The Labute approximate surface area is 207 Å². The largest absolute Gasteiger partial charge is 0.480 e. The van der Waals surface area contributed by atoms with Crippen molar-refractivity contribution < 1.29 is 27.5 Å². The van der Waals surface area contributed by atoms with E-state index in [1.54, 1.807) is 24.3 Å². The molecule has 0 radical (unpaired) electrons. The predicted molar refractivity (Wildman–Crippen MR) is 130 cm³/mol. The zero-order chi connectivity index (χ0) is 25.6. The maximum absolute atomic E-state index is 14.0. The van der Waals surface area contributed by atoms with Gasteiger partial charge < -0.3 is 10.4 Å². The van der Waals surface area contributed by atoms with Crippen LogP contribution in [0.25, 0.3) is 33.3 Å². The molecule has 36 heavy (non-hydrogen) atoms. The van der Waals surface area contributed by atoms with Crippen LogP contribution >= 0.6 is 11.6 Å². The van der Waals surface area contributed by atoms with Crippen LogP contribution in [0.5, 0.6) is 0 Å². The number of aliphatic carboxylic acids is 1. The lowest BCUT2D eigenvalue weighted by molar-refractivity contribution is -0.138. The summed E-state index contributed by atoms with van der Waals surface area (Å²) in [5.74, 6) is -1.60. The Hall–Kier alpha value is -3.98. The van der Waals surface area contributed by atoms with E-state index in [-0.39, 0.29) is 11.6 Å². The molecule has 0 bridgehead atoms. The van der Waals surface area contributed by atoms with E-state index in [0.29, 0.717) is 44.5 Å². The van der Waals surface area contributed by atoms with Gasteiger partial charge in [-0.05, 0) is 41.5 Å². The predicted octanol–water partition coefficient (Wildman–Crippen LogP) is 6.68. The SMILES string of the molecule is O=C(O)C1CN=Cc2c(-c3ccc(-c4ccc(Cl)c(C(F)(F)F)c4)cc3)nc3ccc(F)cc3c2N1. The average molecular weight is 514 g/mol. The van der Waals surface area contributed by atoms with Crippen molar-refractivity contribution in [3.8, 4) is 22.4 Å². The topological polar surface area (TPSA) is 74.6 Å². The van der Waals surface area contributed by atoms with Crippen LogP contribution in [0.1, 0.15) is 11.1 Å². The number of carboxylic acids is 1. The number of aliphatic imine (C=N–C) groups is 1. The zero-order valence-electron chi connectivity index (χ0n) is 18.3. The Morgan fingerprint density at radius 3 is 2.39 bits per heavy atom. The normalized spacial score (nSPS) is 15.3. The molecule has 0 saturated carbocycles. The van der Waals surface area contributed by atoms with Gasteiger partial charge in [-0.3, -0.25) is 4.99 Å². The number of carbonyl (C=O) groups is 1. The quantitative estimate of drug-likeness (QED) is 0.300. The van der Waals surface area contributed by atoms with Gasteiger partial charge in [-0.25, -0.2) is 14.2 Å². The smallest absolute Gasteiger partial charge is 0.417 e. The Balaban J connectivity index is 1.62. The highest BCUT2D eigenvalue weighted by atomic mass is 35.5. The molecule has 1 aliphatic rings. The number of aromatic nitrogens is 1. The molecule has 2 heterocycles. The Morgan fingerprint density at radius 1 is 1.00 bits per heavy atom. The number of halogens is 5. The first kappa shape index (κ1) is 23.7. The molecule has 1 unspecified atom stereocenters. The van der Waals surface area contributed by atoms with Crippen LogP contribution in [0, 0.1) is 5.82 Å². The molecule has 182 valence electrons. The molecule has 0 spiro atoms. The number of pyridine rings is 1. The summed E-state index contributed by atoms with van der Waals surface area (Å²) in [6, 6.07) is 13.4. The lowest BCUT2D eigenvalue weighted by atomic mass is 9.97. The molecule has 1 atom stereocenters. The Bertz CT molecular complexity index is 1540. The van der Waals surface area contributed by atoms with E-state index in [0.717, 1.165) is 6.07 Å². The van der Waals surface area contributed by atoms with Gasteiger partial charge in [-0.15, -0.1) is 0 Å². The van der Waals surface area contributed by atoms with Crippen molar-refractivity contribution in [2.45, 2.75) is 12.2 Å². The molecule has 0 aliphatic carbocycles. The van der Waals surface area contributed by atoms with Crippen LogP contribution in [0.15, 0.2) is 65.7 Å². The zero-order valence-corrected chi connectivity index (χ0v) is 19.0. The van der Waals surface area contributed by atoms with Gasteiger partial charge >= 0.3 is 12.1 Å². The summed E-state index contributed by atoms with van der Waals surface area (Å²) in [5.41, 5.74) is 2.34. The monoisotopic (exact) mass is 513 g/mol. The van der Waals surface area contributed by atoms with E-state index in [2.05, 4.69) is 15.3 Å². The molecule has 5 nitrogen and oxygen atoms in total. The van der Waals surface area contributed by atoms with Crippen molar-refractivity contribution in [2.24, 2.45) is 4.99 Å². The van der Waals surface area contributed by atoms with Crippen molar-refractivity contribution >= 4 is 40.4 Å². The third-order valence-electron chi connectivity index (χ3n) is 5.87. The van der Waals surface area contributed by atoms with Gasteiger partial charge in [0.15, 0.2) is 0 Å². The van der Waals surface area contributed by atoms with Crippen molar-refractivity contribution in [1.29, 1.82) is 0 Å². The molecule has 10 heteroatoms. The number of rotatable bonds is 3. The summed E-state index contributed by atoms with van der Waals surface area (Å²) in [5, 5.41) is 12.5. The van der Waals surface area contributed by atoms with Gasteiger partial charge in [-0.2, -0.15) is 13.2 Å². The van der Waals surface area contributed by atoms with Gasteiger partial charge in [0.1, 0.15) is 11.9 Å². The molecule has 0 saturated heterocycles. The number of hydrogen-bond acceptors (Lipinski definition) is 4. The van der Waals surface area contributed by atoms with E-state index in [4.69, 9.17) is 11.6 Å². The van der Waals surface area contributed by atoms with Crippen molar-refractivity contribution in [1.82, 2.24) is 4.98 Å². The fourth-order valence-corrected chi connectivity index (χ4v) is 4.33. The van der Waals surface area contributed by atoms with Crippen LogP contribution in [0.4, 0.5) is 23.2 Å². The third kappa shape index (κ3) is 4.37. The van der Waals surface area contributed by atoms with E-state index < -0.39 is 29.6 Å². The highest BCUT2D eigenvalue weighted by molar-refractivity contribution is 6.31. The third-order valence-corrected chi connectivity index (χ3v) is 6.20. The second-order valence-electron chi connectivity index (χ2n) is 8.21. The number of benzene rings is 3. The summed E-state index contributed by atoms with van der Waals surface area (Å²) >= 11 is 5.73. The van der Waals surface area contributed by atoms with Gasteiger partial charge in [0, 0.05) is 22.7 Å². The molecule has 3 aromatic carbocycles. The Kier molecular flexibility index (Phi) is 5.88. The molecular formula is C26H16ClF4N3O2. The van der Waals surface area contributed by atoms with Crippen molar-refractivity contribution in [3.05, 3.63) is 82.6 Å². The second-order valence-corrected chi connectivity index (χ2v) is 8.62. The first-order valence-corrected chi connectivity index (χ1v) is 11.1. The minimum absolute atomic E-state index is 0.0305. The number of anilines is 1. The van der Waals surface area contributed by atoms with Gasteiger partial charge in [0.05, 0.1) is 34.0 Å². The first-order valence-electron chi connectivity index (χ1n) is 10.7. The molecule has 2 N–H and O–H groups in total. The standard InChI is InChI=1S/C26H16ClF4N3O2/c27-20-7-5-15(9-19(20)26(29,30)31)13-1-3-14(4-2-13)23-18-11-32-12-22(25(35)36)34-24(18)17-10-16(28)6-8-21(17)33-23/h1-11,22,34H,12H2,(H,35,36). The fraction of sp³-hybridized carbons (Fsp3) is 0.115. The highest BCUT2D eigenvalue weighted by Crippen LogP contribution is 2.38. The maximum Gasteiger partial charge on any atom is 0.417 e. The lowest BCUT2D eigenvalue weighted by Gasteiger charge is -2.18. The summed E-state index contributed by atoms with van der Waals surface area (Å²) in [7, 11) is 0. The van der Waals surface area contributed by atoms with Crippen LogP contribution in [0.2, 0.25) is 5.02 Å². The summed E-state index contributed by atoms with van der Waals surface area (Å²) in [6.07, 6.45) is -3.08. The van der Waals surface area contributed by atoms with E-state index in [9.17, 15) is 27.5 Å². The van der Waals surface area contributed by atoms with Crippen LogP contribution in [-0.2, 0) is 11.0 Å². The van der Waals surface area contributed by atoms with Crippen molar-refractivity contribution in [3.63, 3.8) is 0 Å². The van der Waals surface area contributed by atoms with E-state index in [1.165, 1.54) is 36.5 Å². The van der Waals surface area contributed by atoms with Crippen LogP contribution in [0.3, 0.4) is 0 Å². The minimum atomic E-state index is -4.58. The number of hydrogen-bond donors (Lipinski definition) is 2. The molecule has 5 rings (SSSR count). The van der Waals surface area contributed by atoms with Crippen LogP contribution in [-0.4, -0.2) is 34.9 Å².